The van der Waals surface area contributed by atoms with Gasteiger partial charge in [0.2, 0.25) is 5.82 Å². The molecular weight excluding hydrogens is 256 g/mol. The summed E-state index contributed by atoms with van der Waals surface area (Å²) < 4.78 is 2.08. The maximum atomic E-state index is 11.7. The van der Waals surface area contributed by atoms with E-state index >= 15 is 0 Å². The number of hydrogen-bond donors (Lipinski definition) is 2. The molecule has 2 aromatic heterocycles. The molecule has 0 unspecified atom stereocenters. The Morgan fingerprint density at radius 3 is 3.05 bits per heavy atom. The van der Waals surface area contributed by atoms with E-state index < -0.39 is 0 Å². The fraction of sp³-hybridized carbons (Fsp3) is 0.231. The van der Waals surface area contributed by atoms with Gasteiger partial charge >= 0.3 is 0 Å². The van der Waals surface area contributed by atoms with Crippen molar-refractivity contribution in [3.05, 3.63) is 42.2 Å². The van der Waals surface area contributed by atoms with Gasteiger partial charge in [0.25, 0.3) is 5.91 Å². The van der Waals surface area contributed by atoms with E-state index in [1.165, 1.54) is 6.33 Å². The van der Waals surface area contributed by atoms with Crippen LogP contribution in [-0.2, 0) is 6.54 Å². The number of fused-ring (bicyclic) bond motifs is 1. The molecule has 102 valence electrons. The van der Waals surface area contributed by atoms with Gasteiger partial charge in [0.1, 0.15) is 12.2 Å². The maximum Gasteiger partial charge on any atom is 0.288 e. The third-order valence-corrected chi connectivity index (χ3v) is 3.10. The summed E-state index contributed by atoms with van der Waals surface area (Å²) in [7, 11) is 0. The number of hydrogen-bond acceptors (Lipinski definition) is 4. The molecule has 0 saturated carbocycles. The summed E-state index contributed by atoms with van der Waals surface area (Å²) in [5.41, 5.74) is 2.03. The van der Waals surface area contributed by atoms with Crippen LogP contribution in [0.25, 0.3) is 11.0 Å². The minimum atomic E-state index is -0.260. The monoisotopic (exact) mass is 270 g/mol. The predicted molar refractivity (Wildman–Crippen MR) is 73.2 cm³/mol. The first-order valence-electron chi connectivity index (χ1n) is 6.31. The lowest BCUT2D eigenvalue weighted by Gasteiger charge is -2.07. The summed E-state index contributed by atoms with van der Waals surface area (Å²) in [6.07, 6.45) is 1.31. The molecule has 0 saturated heterocycles. The second-order valence-corrected chi connectivity index (χ2v) is 4.39. The van der Waals surface area contributed by atoms with Crippen molar-refractivity contribution in [2.24, 2.45) is 0 Å². The van der Waals surface area contributed by atoms with Crippen LogP contribution in [0.5, 0.6) is 0 Å². The number of carbonyl (C=O) groups excluding carboxylic acids is 1. The molecule has 7 heteroatoms. The molecule has 0 aliphatic heterocycles. The molecular formula is C13H14N6O. The first-order chi connectivity index (χ1) is 9.75. The number of imidazole rings is 1. The Morgan fingerprint density at radius 2 is 2.25 bits per heavy atom. The number of H-pyrrole nitrogens is 1. The van der Waals surface area contributed by atoms with Gasteiger partial charge < -0.3 is 9.88 Å². The van der Waals surface area contributed by atoms with Gasteiger partial charge in [-0.05, 0) is 19.1 Å². The minimum Gasteiger partial charge on any atom is -0.348 e. The summed E-state index contributed by atoms with van der Waals surface area (Å²) >= 11 is 0. The van der Waals surface area contributed by atoms with E-state index in [0.717, 1.165) is 16.9 Å². The number of nitrogens with zero attached hydrogens (tertiary/aromatic N) is 4. The van der Waals surface area contributed by atoms with Crippen molar-refractivity contribution < 1.29 is 4.79 Å². The molecule has 0 bridgehead atoms. The van der Waals surface area contributed by atoms with Crippen LogP contribution in [0.1, 0.15) is 16.4 Å². The Bertz CT molecular complexity index is 730. The number of aromatic amines is 1. The molecule has 2 N–H and O–H groups in total. The number of benzene rings is 1. The van der Waals surface area contributed by atoms with Crippen LogP contribution >= 0.6 is 0 Å². The van der Waals surface area contributed by atoms with Crippen LogP contribution in [0.15, 0.2) is 30.6 Å². The van der Waals surface area contributed by atoms with Gasteiger partial charge in [-0.3, -0.25) is 9.89 Å². The smallest absolute Gasteiger partial charge is 0.288 e. The first kappa shape index (κ1) is 12.3. The van der Waals surface area contributed by atoms with Gasteiger partial charge in [0, 0.05) is 13.1 Å². The third-order valence-electron chi connectivity index (χ3n) is 3.10. The zero-order chi connectivity index (χ0) is 13.9. The lowest BCUT2D eigenvalue weighted by Crippen LogP contribution is -2.28. The van der Waals surface area contributed by atoms with Crippen molar-refractivity contribution in [1.29, 1.82) is 0 Å². The van der Waals surface area contributed by atoms with Gasteiger partial charge in [-0.2, -0.15) is 5.10 Å². The van der Waals surface area contributed by atoms with Gasteiger partial charge in [0.05, 0.1) is 11.0 Å². The largest absolute Gasteiger partial charge is 0.348 e. The third kappa shape index (κ3) is 2.25. The van der Waals surface area contributed by atoms with Crippen molar-refractivity contribution in [2.45, 2.75) is 13.5 Å². The zero-order valence-corrected chi connectivity index (χ0v) is 11.0. The van der Waals surface area contributed by atoms with Crippen molar-refractivity contribution in [1.82, 2.24) is 30.0 Å². The quantitative estimate of drug-likeness (QED) is 0.737. The van der Waals surface area contributed by atoms with E-state index in [0.29, 0.717) is 13.1 Å². The average molecular weight is 270 g/mol. The van der Waals surface area contributed by atoms with Crippen molar-refractivity contribution in [3.8, 4) is 0 Å². The SMILES string of the molecule is Cc1nc2ccccc2n1CCNC(=O)c1ncn[nH]1. The molecule has 3 rings (SSSR count). The second kappa shape index (κ2) is 5.12. The molecule has 20 heavy (non-hydrogen) atoms. The summed E-state index contributed by atoms with van der Waals surface area (Å²) in [4.78, 5) is 20.0. The molecule has 0 aliphatic carbocycles. The molecule has 0 aliphatic rings. The van der Waals surface area contributed by atoms with E-state index in [1.54, 1.807) is 0 Å². The molecule has 1 aromatic carbocycles. The van der Waals surface area contributed by atoms with Gasteiger partial charge in [-0.1, -0.05) is 12.1 Å². The predicted octanol–water partition coefficient (Wildman–Crippen LogP) is 0.893. The molecule has 3 aromatic rings. The Morgan fingerprint density at radius 1 is 1.40 bits per heavy atom. The fourth-order valence-electron chi connectivity index (χ4n) is 2.16. The Hall–Kier alpha value is -2.70. The fourth-order valence-corrected chi connectivity index (χ4v) is 2.16. The zero-order valence-electron chi connectivity index (χ0n) is 11.0. The van der Waals surface area contributed by atoms with Crippen LogP contribution in [0, 0.1) is 6.92 Å². The van der Waals surface area contributed by atoms with Crippen LogP contribution < -0.4 is 5.32 Å². The molecule has 1 amide bonds. The van der Waals surface area contributed by atoms with Crippen molar-refractivity contribution >= 4 is 16.9 Å². The number of para-hydroxylation sites is 2. The Balaban J connectivity index is 1.68. The van der Waals surface area contributed by atoms with E-state index in [1.807, 2.05) is 31.2 Å². The summed E-state index contributed by atoms with van der Waals surface area (Å²) in [6, 6.07) is 7.94. The molecule has 0 atom stereocenters. The minimum absolute atomic E-state index is 0.220. The van der Waals surface area contributed by atoms with E-state index in [2.05, 4.69) is 30.0 Å². The number of rotatable bonds is 4. The molecule has 0 spiro atoms. The van der Waals surface area contributed by atoms with Gasteiger partial charge in [-0.15, -0.1) is 0 Å². The van der Waals surface area contributed by atoms with Crippen LogP contribution in [0.4, 0.5) is 0 Å². The van der Waals surface area contributed by atoms with Crippen LogP contribution in [0.3, 0.4) is 0 Å². The highest BCUT2D eigenvalue weighted by Crippen LogP contribution is 2.14. The number of aryl methyl sites for hydroxylation is 1. The number of amides is 1. The summed E-state index contributed by atoms with van der Waals surface area (Å²) in [6.45, 7) is 3.12. The van der Waals surface area contributed by atoms with Crippen molar-refractivity contribution in [3.63, 3.8) is 0 Å². The molecule has 0 radical (unpaired) electrons. The summed E-state index contributed by atoms with van der Waals surface area (Å²) in [5.74, 6) is 0.891. The summed E-state index contributed by atoms with van der Waals surface area (Å²) in [5, 5.41) is 8.97. The maximum absolute atomic E-state index is 11.7. The Labute approximate surface area is 115 Å². The van der Waals surface area contributed by atoms with Crippen LogP contribution in [-0.4, -0.2) is 37.2 Å². The second-order valence-electron chi connectivity index (χ2n) is 4.39. The van der Waals surface area contributed by atoms with Gasteiger partial charge in [0.15, 0.2) is 0 Å². The standard InChI is InChI=1S/C13H14N6O/c1-9-17-10-4-2-3-5-11(10)19(9)7-6-14-13(20)12-15-8-16-18-12/h2-5,8H,6-7H2,1H3,(H,14,20)(H,15,16,18). The number of carbonyl (C=O) groups is 1. The molecule has 0 fully saturated rings. The highest BCUT2D eigenvalue weighted by Gasteiger charge is 2.09. The lowest BCUT2D eigenvalue weighted by atomic mass is 10.3. The van der Waals surface area contributed by atoms with E-state index in [9.17, 15) is 4.79 Å². The highest BCUT2D eigenvalue weighted by molar-refractivity contribution is 5.90. The van der Waals surface area contributed by atoms with Gasteiger partial charge in [-0.25, -0.2) is 9.97 Å². The van der Waals surface area contributed by atoms with Crippen molar-refractivity contribution in [2.75, 3.05) is 6.54 Å². The molecule has 7 nitrogen and oxygen atoms in total. The first-order valence-corrected chi connectivity index (χ1v) is 6.31. The van der Waals surface area contributed by atoms with E-state index in [4.69, 9.17) is 0 Å². The normalized spacial score (nSPS) is 10.8. The highest BCUT2D eigenvalue weighted by atomic mass is 16.2. The van der Waals surface area contributed by atoms with E-state index in [-0.39, 0.29) is 11.7 Å². The Kier molecular flexibility index (Phi) is 3.16. The topological polar surface area (TPSA) is 88.5 Å². The molecule has 2 heterocycles. The average Bonchev–Trinajstić information content (AvgIpc) is 3.07. The number of nitrogens with one attached hydrogen (secondary N) is 2. The number of aromatic nitrogens is 5. The lowest BCUT2D eigenvalue weighted by molar-refractivity contribution is 0.0942. The van der Waals surface area contributed by atoms with Crippen LogP contribution in [0.2, 0.25) is 0 Å².